The normalized spacial score (nSPS) is 6.00. The predicted octanol–water partition coefficient (Wildman–Crippen LogP) is -2.41. The Labute approximate surface area is 64.5 Å². The summed E-state index contributed by atoms with van der Waals surface area (Å²) in [6.07, 6.45) is 0. The second-order valence-electron chi connectivity index (χ2n) is 1.73. The minimum absolute atomic E-state index is 0. The average Bonchev–Trinajstić information content (AvgIpc) is 0.811. The van der Waals surface area contributed by atoms with Crippen molar-refractivity contribution in [1.82, 2.24) is 0 Å². The van der Waals surface area contributed by atoms with E-state index in [0.29, 0.717) is 0 Å². The molecule has 34 valence electrons. The summed E-state index contributed by atoms with van der Waals surface area (Å²) in [5.74, 6) is 0.833. The van der Waals surface area contributed by atoms with Gasteiger partial charge in [-0.15, -0.1) is 0 Å². The summed E-state index contributed by atoms with van der Waals surface area (Å²) in [6.45, 7) is 6.50. The third-order valence-corrected chi connectivity index (χ3v) is 0. The number of hydrogen-bond acceptors (Lipinski definition) is 0. The van der Waals surface area contributed by atoms with Crippen LogP contribution in [0.3, 0.4) is 0 Å². The van der Waals surface area contributed by atoms with Crippen LogP contribution in [0.1, 0.15) is 22.2 Å². The Morgan fingerprint density at radius 1 is 1.17 bits per heavy atom. The molecule has 0 aliphatic rings. The molecule has 6 heavy (non-hydrogen) atoms. The van der Waals surface area contributed by atoms with Crippen LogP contribution in [0.4, 0.5) is 0 Å². The van der Waals surface area contributed by atoms with E-state index >= 15 is 0 Å². The van der Waals surface area contributed by atoms with Crippen molar-refractivity contribution in [3.8, 4) is 0 Å². The molecular formula is C4H14AlLi. The van der Waals surface area contributed by atoms with E-state index in [2.05, 4.69) is 20.8 Å². The van der Waals surface area contributed by atoms with Gasteiger partial charge in [0.1, 0.15) is 0 Å². The van der Waals surface area contributed by atoms with E-state index < -0.39 is 0 Å². The smallest absolute Gasteiger partial charge is 1.00 e. The Morgan fingerprint density at radius 2 is 1.17 bits per heavy atom. The van der Waals surface area contributed by atoms with Crippen LogP contribution in [0.5, 0.6) is 0 Å². The first kappa shape index (κ1) is 15.7. The minimum atomic E-state index is 0. The first-order valence-corrected chi connectivity index (χ1v) is 1.73. The largest absolute Gasteiger partial charge is 1.00 e. The van der Waals surface area contributed by atoms with E-state index in [4.69, 9.17) is 0 Å². The summed E-state index contributed by atoms with van der Waals surface area (Å²) in [5, 5.41) is 0. The minimum Gasteiger partial charge on any atom is -1.00 e. The zero-order valence-electron chi connectivity index (χ0n) is 5.58. The second kappa shape index (κ2) is 9.46. The molecule has 2 heteroatoms. The van der Waals surface area contributed by atoms with Gasteiger partial charge in [0.15, 0.2) is 17.4 Å². The Balaban J connectivity index is -0.0000000150. The first-order valence-electron chi connectivity index (χ1n) is 1.73. The van der Waals surface area contributed by atoms with Crippen molar-refractivity contribution >= 4 is 17.4 Å². The van der Waals surface area contributed by atoms with Gasteiger partial charge in [-0.25, -0.2) is 0 Å². The summed E-state index contributed by atoms with van der Waals surface area (Å²) in [4.78, 5) is 0. The predicted molar refractivity (Wildman–Crippen MR) is 31.6 cm³/mol. The van der Waals surface area contributed by atoms with E-state index in [-0.39, 0.29) is 37.6 Å². The van der Waals surface area contributed by atoms with Crippen molar-refractivity contribution in [2.24, 2.45) is 5.92 Å². The monoisotopic (exact) mass is 96.1 g/mol. The van der Waals surface area contributed by atoms with Gasteiger partial charge in [0.25, 0.3) is 0 Å². The van der Waals surface area contributed by atoms with Crippen molar-refractivity contribution in [1.29, 1.82) is 0 Å². The fraction of sp³-hybridized carbons (Fsp3) is 1.00. The molecule has 0 bridgehead atoms. The van der Waals surface area contributed by atoms with Crippen LogP contribution in [0.25, 0.3) is 0 Å². The molecule has 0 radical (unpaired) electrons. The van der Waals surface area contributed by atoms with Gasteiger partial charge in [0.2, 0.25) is 0 Å². The van der Waals surface area contributed by atoms with Crippen LogP contribution >= 0.6 is 0 Å². The molecule has 0 spiro atoms. The van der Waals surface area contributed by atoms with Crippen LogP contribution in [-0.2, 0) is 0 Å². The van der Waals surface area contributed by atoms with Gasteiger partial charge in [-0.2, -0.15) is 0 Å². The summed E-state index contributed by atoms with van der Waals surface area (Å²) >= 11 is 0. The van der Waals surface area contributed by atoms with Crippen molar-refractivity contribution in [2.75, 3.05) is 0 Å². The van der Waals surface area contributed by atoms with Gasteiger partial charge in [-0.1, -0.05) is 20.8 Å². The quantitative estimate of drug-likeness (QED) is 0.295. The van der Waals surface area contributed by atoms with E-state index in [9.17, 15) is 0 Å². The van der Waals surface area contributed by atoms with E-state index in [1.54, 1.807) is 0 Å². The Kier molecular flexibility index (Phi) is 24.8. The van der Waals surface area contributed by atoms with Gasteiger partial charge < -0.3 is 1.43 Å². The van der Waals surface area contributed by atoms with Crippen molar-refractivity contribution in [3.63, 3.8) is 0 Å². The topological polar surface area (TPSA) is 0 Å². The van der Waals surface area contributed by atoms with Crippen molar-refractivity contribution in [3.05, 3.63) is 0 Å². The van der Waals surface area contributed by atoms with Crippen molar-refractivity contribution < 1.29 is 20.3 Å². The Morgan fingerprint density at radius 3 is 1.17 bits per heavy atom. The van der Waals surface area contributed by atoms with Gasteiger partial charge in [0, 0.05) is 0 Å². The molecule has 0 unspecified atom stereocenters. The molecular weight excluding hydrogens is 82.0 g/mol. The standard InChI is InChI=1S/C4H10.Al.Li.4H/c1-4(2)3;;;;;;/h4H,1-3H3;;;;;;/q;;+1;;;;-1. The molecule has 0 aliphatic carbocycles. The SMILES string of the molecule is CC(C)C.[AlH3].[H-].[Li+]. The Hall–Kier alpha value is 1.13. The second-order valence-corrected chi connectivity index (χ2v) is 1.73. The third kappa shape index (κ3) is 68.5. The molecule has 0 aromatic rings. The maximum Gasteiger partial charge on any atom is 1.00 e. The van der Waals surface area contributed by atoms with Crippen molar-refractivity contribution in [2.45, 2.75) is 20.8 Å². The summed E-state index contributed by atoms with van der Waals surface area (Å²) in [6, 6.07) is 0. The molecule has 0 N–H and O–H groups in total. The van der Waals surface area contributed by atoms with Gasteiger partial charge >= 0.3 is 18.9 Å². The first-order chi connectivity index (χ1) is 1.73. The zero-order valence-corrected chi connectivity index (χ0v) is 4.58. The molecule has 0 saturated heterocycles. The van der Waals surface area contributed by atoms with Crippen LogP contribution in [0, 0.1) is 5.92 Å². The molecule has 0 nitrogen and oxygen atoms in total. The summed E-state index contributed by atoms with van der Waals surface area (Å²) in [7, 11) is 0. The van der Waals surface area contributed by atoms with Gasteiger partial charge in [-0.3, -0.25) is 0 Å². The number of hydrogen-bond donors (Lipinski definition) is 0. The molecule has 0 atom stereocenters. The van der Waals surface area contributed by atoms with Crippen LogP contribution in [-0.4, -0.2) is 17.4 Å². The van der Waals surface area contributed by atoms with Gasteiger partial charge in [0.05, 0.1) is 0 Å². The summed E-state index contributed by atoms with van der Waals surface area (Å²) in [5.41, 5.74) is 0. The molecule has 0 aromatic carbocycles. The molecule has 0 amide bonds. The van der Waals surface area contributed by atoms with Crippen LogP contribution in [0.2, 0.25) is 0 Å². The summed E-state index contributed by atoms with van der Waals surface area (Å²) < 4.78 is 0. The number of rotatable bonds is 0. The molecule has 0 aliphatic heterocycles. The molecule has 0 saturated carbocycles. The van der Waals surface area contributed by atoms with Crippen LogP contribution < -0.4 is 18.9 Å². The molecule has 0 aromatic heterocycles. The average molecular weight is 96.1 g/mol. The van der Waals surface area contributed by atoms with E-state index in [1.807, 2.05) is 0 Å². The Bertz CT molecular complexity index is 16.4. The molecule has 0 heterocycles. The van der Waals surface area contributed by atoms with Crippen LogP contribution in [0.15, 0.2) is 0 Å². The third-order valence-electron chi connectivity index (χ3n) is 0. The maximum absolute atomic E-state index is 2.17. The zero-order chi connectivity index (χ0) is 3.58. The fourth-order valence-electron chi connectivity index (χ4n) is 0. The molecule has 0 fully saturated rings. The van der Waals surface area contributed by atoms with E-state index in [0.717, 1.165) is 5.92 Å². The molecule has 0 rings (SSSR count). The maximum atomic E-state index is 2.17. The fourth-order valence-corrected chi connectivity index (χ4v) is 0. The van der Waals surface area contributed by atoms with Gasteiger partial charge in [-0.05, 0) is 5.92 Å². The van der Waals surface area contributed by atoms with E-state index in [1.165, 1.54) is 0 Å².